The van der Waals surface area contributed by atoms with Crippen molar-refractivity contribution in [1.82, 2.24) is 0 Å². The predicted molar refractivity (Wildman–Crippen MR) is 111 cm³/mol. The van der Waals surface area contributed by atoms with Gasteiger partial charge in [-0.2, -0.15) is 26.3 Å². The first-order chi connectivity index (χ1) is 14.1. The molecule has 0 amide bonds. The average molecular weight is 439 g/mol. The monoisotopic (exact) mass is 439 g/mol. The normalized spacial score (nSPS) is 15.6. The molecule has 0 spiro atoms. The molecule has 0 aromatic heterocycles. The third-order valence-corrected chi connectivity index (χ3v) is 5.78. The average Bonchev–Trinajstić information content (AvgIpc) is 3.08. The summed E-state index contributed by atoms with van der Waals surface area (Å²) in [5.41, 5.74) is 0.478. The molecule has 0 saturated carbocycles. The van der Waals surface area contributed by atoms with Gasteiger partial charge in [-0.05, 0) is 63.8 Å². The summed E-state index contributed by atoms with van der Waals surface area (Å²) in [5, 5.41) is 0. The molecule has 0 N–H and O–H groups in total. The molecule has 0 heterocycles. The maximum absolute atomic E-state index is 13.5. The van der Waals surface area contributed by atoms with Crippen molar-refractivity contribution in [2.24, 2.45) is 5.92 Å². The standard InChI is InChI=1S/C25H25F6/c1-6-14(2)16-9-15-7-8-21(23(3,4)5)22(20(15)12-16)17-10-18(24(26,27)28)13-19(11-17)25(29,30)31/h7-14H,6H2,1-5H3. The zero-order valence-corrected chi connectivity index (χ0v) is 18.1. The van der Waals surface area contributed by atoms with E-state index in [0.29, 0.717) is 16.7 Å². The van der Waals surface area contributed by atoms with Gasteiger partial charge in [0.25, 0.3) is 0 Å². The van der Waals surface area contributed by atoms with Crippen molar-refractivity contribution in [3.8, 4) is 11.1 Å². The molecule has 2 aromatic rings. The number of fused-ring (bicyclic) bond motifs is 1. The van der Waals surface area contributed by atoms with Crippen LogP contribution in [0.15, 0.2) is 35.9 Å². The van der Waals surface area contributed by atoms with E-state index in [9.17, 15) is 26.3 Å². The molecule has 0 aliphatic heterocycles. The second-order valence-electron chi connectivity index (χ2n) is 9.13. The molecule has 1 unspecified atom stereocenters. The van der Waals surface area contributed by atoms with Crippen LogP contribution in [0.1, 0.15) is 68.9 Å². The molecule has 6 heteroatoms. The third kappa shape index (κ3) is 4.68. The Labute approximate surface area is 179 Å². The quantitative estimate of drug-likeness (QED) is 0.420. The van der Waals surface area contributed by atoms with Crippen LogP contribution in [-0.2, 0) is 17.8 Å². The van der Waals surface area contributed by atoms with E-state index in [1.807, 2.05) is 59.2 Å². The molecule has 1 atom stereocenters. The molecule has 0 nitrogen and oxygen atoms in total. The van der Waals surface area contributed by atoms with Crippen molar-refractivity contribution in [1.29, 1.82) is 0 Å². The third-order valence-electron chi connectivity index (χ3n) is 5.78. The molecule has 1 aliphatic carbocycles. The van der Waals surface area contributed by atoms with E-state index in [4.69, 9.17) is 0 Å². The van der Waals surface area contributed by atoms with Gasteiger partial charge in [-0.25, -0.2) is 0 Å². The van der Waals surface area contributed by atoms with Gasteiger partial charge in [-0.1, -0.05) is 58.4 Å². The van der Waals surface area contributed by atoms with Crippen LogP contribution in [0.4, 0.5) is 26.3 Å². The molecule has 0 saturated heterocycles. The van der Waals surface area contributed by atoms with Crippen molar-refractivity contribution < 1.29 is 26.3 Å². The fraction of sp³-hybridized carbons (Fsp3) is 0.400. The number of rotatable bonds is 3. The van der Waals surface area contributed by atoms with Gasteiger partial charge in [0.15, 0.2) is 0 Å². The van der Waals surface area contributed by atoms with E-state index in [0.717, 1.165) is 29.7 Å². The first-order valence-corrected chi connectivity index (χ1v) is 10.2. The van der Waals surface area contributed by atoms with Gasteiger partial charge in [0.2, 0.25) is 0 Å². The zero-order valence-electron chi connectivity index (χ0n) is 18.1. The van der Waals surface area contributed by atoms with E-state index in [1.165, 1.54) is 0 Å². The summed E-state index contributed by atoms with van der Waals surface area (Å²) in [6.45, 7) is 9.77. The fourth-order valence-corrected chi connectivity index (χ4v) is 3.86. The molecule has 0 bridgehead atoms. The molecule has 1 aliphatic rings. The molecule has 2 aromatic carbocycles. The Bertz CT molecular complexity index is 984. The second kappa shape index (κ2) is 7.72. The lowest BCUT2D eigenvalue weighted by Crippen LogP contribution is -2.15. The summed E-state index contributed by atoms with van der Waals surface area (Å²) >= 11 is 0. The minimum Gasteiger partial charge on any atom is -0.166 e. The van der Waals surface area contributed by atoms with E-state index >= 15 is 0 Å². The van der Waals surface area contributed by atoms with Crippen molar-refractivity contribution in [3.05, 3.63) is 70.1 Å². The molecular weight excluding hydrogens is 414 g/mol. The first kappa shape index (κ1) is 23.4. The molecule has 167 valence electrons. The minimum atomic E-state index is -4.89. The van der Waals surface area contributed by atoms with E-state index < -0.39 is 28.9 Å². The summed E-state index contributed by atoms with van der Waals surface area (Å²) in [5.74, 6) is 0.227. The lowest BCUT2D eigenvalue weighted by atomic mass is 9.78. The number of hydrogen-bond donors (Lipinski definition) is 0. The lowest BCUT2D eigenvalue weighted by Gasteiger charge is -2.26. The summed E-state index contributed by atoms with van der Waals surface area (Å²) in [4.78, 5) is 0. The topological polar surface area (TPSA) is 0 Å². The van der Waals surface area contributed by atoms with Gasteiger partial charge >= 0.3 is 12.4 Å². The largest absolute Gasteiger partial charge is 0.416 e. The van der Waals surface area contributed by atoms with Crippen LogP contribution in [-0.4, -0.2) is 0 Å². The van der Waals surface area contributed by atoms with Crippen LogP contribution < -0.4 is 0 Å². The second-order valence-corrected chi connectivity index (χ2v) is 9.13. The highest BCUT2D eigenvalue weighted by molar-refractivity contribution is 5.86. The molecule has 31 heavy (non-hydrogen) atoms. The van der Waals surface area contributed by atoms with Gasteiger partial charge in [-0.3, -0.25) is 0 Å². The summed E-state index contributed by atoms with van der Waals surface area (Å²) in [6, 6.07) is 5.54. The van der Waals surface area contributed by atoms with Crippen LogP contribution in [0.5, 0.6) is 0 Å². The Morgan fingerprint density at radius 3 is 1.84 bits per heavy atom. The summed E-state index contributed by atoms with van der Waals surface area (Å²) in [6.07, 6.45) is -5.03. The van der Waals surface area contributed by atoms with Crippen molar-refractivity contribution in [2.45, 2.75) is 58.8 Å². The first-order valence-electron chi connectivity index (χ1n) is 10.2. The van der Waals surface area contributed by atoms with Crippen molar-refractivity contribution in [3.63, 3.8) is 0 Å². The van der Waals surface area contributed by atoms with E-state index in [1.54, 1.807) is 0 Å². The number of alkyl halides is 6. The van der Waals surface area contributed by atoms with Crippen LogP contribution in [0.3, 0.4) is 0 Å². The summed E-state index contributed by atoms with van der Waals surface area (Å²) < 4.78 is 80.9. The minimum absolute atomic E-state index is 0.0704. The Kier molecular flexibility index (Phi) is 5.83. The SMILES string of the molecule is CCC(C)C1=Cc2c(ccc(C(C)(C)C)c2-c2cc(C(F)(F)F)cc(C(F)(F)F)c2)[CH]1. The van der Waals surface area contributed by atoms with Crippen molar-refractivity contribution in [2.75, 3.05) is 0 Å². The number of benzene rings is 2. The zero-order chi connectivity index (χ0) is 23.4. The maximum atomic E-state index is 13.5. The van der Waals surface area contributed by atoms with Gasteiger partial charge in [0, 0.05) is 6.42 Å². The van der Waals surface area contributed by atoms with Crippen molar-refractivity contribution >= 4 is 6.08 Å². The smallest absolute Gasteiger partial charge is 0.166 e. The van der Waals surface area contributed by atoms with E-state index in [2.05, 4.69) is 0 Å². The molecular formula is C25H25F6. The molecule has 3 rings (SSSR count). The van der Waals surface area contributed by atoms with Crippen LogP contribution in [0.2, 0.25) is 0 Å². The van der Waals surface area contributed by atoms with Gasteiger partial charge in [0.05, 0.1) is 11.1 Å². The number of allylic oxidation sites excluding steroid dienone is 1. The maximum Gasteiger partial charge on any atom is 0.416 e. The Balaban J connectivity index is 2.37. The predicted octanol–water partition coefficient (Wildman–Crippen LogP) is 8.68. The fourth-order valence-electron chi connectivity index (χ4n) is 3.86. The van der Waals surface area contributed by atoms with Crippen LogP contribution in [0.25, 0.3) is 17.2 Å². The Morgan fingerprint density at radius 2 is 1.39 bits per heavy atom. The van der Waals surface area contributed by atoms with Crippen LogP contribution in [0, 0.1) is 12.3 Å². The highest BCUT2D eigenvalue weighted by Gasteiger charge is 2.38. The molecule has 0 fully saturated rings. The Hall–Kier alpha value is -2.24. The van der Waals surface area contributed by atoms with Crippen LogP contribution >= 0.6 is 0 Å². The number of halogens is 6. The van der Waals surface area contributed by atoms with Gasteiger partial charge in [0.1, 0.15) is 0 Å². The van der Waals surface area contributed by atoms with Gasteiger partial charge in [-0.15, -0.1) is 0 Å². The molecule has 1 radical (unpaired) electrons. The van der Waals surface area contributed by atoms with Gasteiger partial charge < -0.3 is 0 Å². The lowest BCUT2D eigenvalue weighted by molar-refractivity contribution is -0.143. The Morgan fingerprint density at radius 1 is 0.839 bits per heavy atom. The highest BCUT2D eigenvalue weighted by Crippen LogP contribution is 2.46. The van der Waals surface area contributed by atoms with E-state index in [-0.39, 0.29) is 17.5 Å². The number of hydrogen-bond acceptors (Lipinski definition) is 0. The summed E-state index contributed by atoms with van der Waals surface area (Å²) in [7, 11) is 0. The highest BCUT2D eigenvalue weighted by atomic mass is 19.4.